The van der Waals surface area contributed by atoms with Crippen molar-refractivity contribution in [3.8, 4) is 5.69 Å². The molecule has 10 heteroatoms. The number of hydrogen-bond acceptors (Lipinski definition) is 6. The van der Waals surface area contributed by atoms with Crippen molar-refractivity contribution in [2.24, 2.45) is 0 Å². The molecule has 7 nitrogen and oxygen atoms in total. The molecule has 0 fully saturated rings. The Balaban J connectivity index is 1.89. The average molecular weight is 502 g/mol. The van der Waals surface area contributed by atoms with E-state index in [-0.39, 0.29) is 33.3 Å². The van der Waals surface area contributed by atoms with Gasteiger partial charge in [0.1, 0.15) is 5.00 Å². The van der Waals surface area contributed by atoms with Gasteiger partial charge in [0.15, 0.2) is 5.69 Å². The van der Waals surface area contributed by atoms with Crippen LogP contribution in [0.2, 0.25) is 10.0 Å². The van der Waals surface area contributed by atoms with E-state index in [1.807, 2.05) is 19.1 Å². The number of fused-ring (bicyclic) bond motifs is 1. The van der Waals surface area contributed by atoms with Gasteiger partial charge in [0.25, 0.3) is 11.5 Å². The Bertz CT molecular complexity index is 1440. The number of carbonyl (C=O) groups excluding carboxylic acids is 2. The highest BCUT2D eigenvalue weighted by Crippen LogP contribution is 2.32. The molecule has 2 aromatic heterocycles. The second-order valence-corrected chi connectivity index (χ2v) is 8.78. The lowest BCUT2D eigenvalue weighted by atomic mass is 10.2. The summed E-state index contributed by atoms with van der Waals surface area (Å²) in [5.74, 6) is -1.21. The number of nitrogens with zero attached hydrogens (tertiary/aromatic N) is 2. The molecular formula is C23H17Cl2N3O4S. The Hall–Kier alpha value is -3.20. The third-order valence-corrected chi connectivity index (χ3v) is 6.26. The van der Waals surface area contributed by atoms with E-state index >= 15 is 0 Å². The lowest BCUT2D eigenvalue weighted by Gasteiger charge is -2.10. The largest absolute Gasteiger partial charge is 0.461 e. The van der Waals surface area contributed by atoms with Crippen LogP contribution in [0.25, 0.3) is 16.5 Å². The van der Waals surface area contributed by atoms with Gasteiger partial charge in [-0.05, 0) is 44.2 Å². The molecule has 0 atom stereocenters. The summed E-state index contributed by atoms with van der Waals surface area (Å²) in [6.45, 7) is 3.74. The number of amides is 1. The first-order chi connectivity index (χ1) is 15.8. The zero-order valence-corrected chi connectivity index (χ0v) is 19.8. The molecule has 0 radical (unpaired) electrons. The number of benzene rings is 2. The number of thiophene rings is 1. The minimum absolute atomic E-state index is 0.0236. The molecule has 0 aliphatic rings. The molecule has 0 saturated heterocycles. The second-order valence-electron chi connectivity index (χ2n) is 7.05. The van der Waals surface area contributed by atoms with E-state index < -0.39 is 17.4 Å². The number of aromatic nitrogens is 2. The normalized spacial score (nSPS) is 10.9. The van der Waals surface area contributed by atoms with Gasteiger partial charge in [0, 0.05) is 15.8 Å². The van der Waals surface area contributed by atoms with E-state index in [4.69, 9.17) is 27.9 Å². The fraction of sp³-hybridized carbons (Fsp3) is 0.130. The van der Waals surface area contributed by atoms with Crippen LogP contribution < -0.4 is 10.9 Å². The minimum atomic E-state index is -0.670. The van der Waals surface area contributed by atoms with E-state index in [0.29, 0.717) is 16.1 Å². The van der Waals surface area contributed by atoms with Crippen LogP contribution in [0.3, 0.4) is 0 Å². The van der Waals surface area contributed by atoms with Gasteiger partial charge >= 0.3 is 5.97 Å². The smallest absolute Gasteiger partial charge is 0.359 e. The van der Waals surface area contributed by atoms with Crippen molar-refractivity contribution in [1.29, 1.82) is 0 Å². The molecule has 168 valence electrons. The SMILES string of the molecule is CCOC(=O)c1nn(-c2ccc(C)cc2)c(=O)c2c(NC(=O)c3cc(Cl)ccc3Cl)scc12. The maximum absolute atomic E-state index is 13.4. The molecule has 0 bridgehead atoms. The van der Waals surface area contributed by atoms with Gasteiger partial charge in [-0.25, -0.2) is 4.79 Å². The Morgan fingerprint density at radius 3 is 2.58 bits per heavy atom. The van der Waals surface area contributed by atoms with Crippen LogP contribution in [0, 0.1) is 6.92 Å². The summed E-state index contributed by atoms with van der Waals surface area (Å²) in [6, 6.07) is 11.6. The zero-order chi connectivity index (χ0) is 23.7. The quantitative estimate of drug-likeness (QED) is 0.365. The van der Waals surface area contributed by atoms with Gasteiger partial charge in [-0.1, -0.05) is 40.9 Å². The second kappa shape index (κ2) is 9.35. The van der Waals surface area contributed by atoms with Crippen molar-refractivity contribution in [2.45, 2.75) is 13.8 Å². The highest BCUT2D eigenvalue weighted by atomic mass is 35.5. The molecule has 2 heterocycles. The van der Waals surface area contributed by atoms with E-state index in [2.05, 4.69) is 10.4 Å². The number of hydrogen-bond donors (Lipinski definition) is 1. The number of rotatable bonds is 5. The Morgan fingerprint density at radius 1 is 1.15 bits per heavy atom. The summed E-state index contributed by atoms with van der Waals surface area (Å²) in [6.07, 6.45) is 0. The predicted octanol–water partition coefficient (Wildman–Crippen LogP) is 5.49. The number of ether oxygens (including phenoxy) is 1. The molecule has 1 N–H and O–H groups in total. The summed E-state index contributed by atoms with van der Waals surface area (Å²) in [5, 5.41) is 9.83. The van der Waals surface area contributed by atoms with Crippen LogP contribution in [-0.2, 0) is 4.74 Å². The Labute approximate surface area is 202 Å². The molecule has 33 heavy (non-hydrogen) atoms. The number of nitrogens with one attached hydrogen (secondary N) is 1. The Morgan fingerprint density at radius 2 is 1.88 bits per heavy atom. The number of carbonyl (C=O) groups is 2. The first kappa shape index (κ1) is 23.0. The highest BCUT2D eigenvalue weighted by molar-refractivity contribution is 7.16. The average Bonchev–Trinajstić information content (AvgIpc) is 3.20. The topological polar surface area (TPSA) is 90.3 Å². The van der Waals surface area contributed by atoms with Crippen molar-refractivity contribution in [3.05, 3.63) is 85.1 Å². The lowest BCUT2D eigenvalue weighted by Crippen LogP contribution is -2.25. The van der Waals surface area contributed by atoms with Crippen molar-refractivity contribution in [2.75, 3.05) is 11.9 Å². The number of aryl methyl sites for hydroxylation is 1. The molecule has 0 unspecified atom stereocenters. The third kappa shape index (κ3) is 4.50. The Kier molecular flexibility index (Phi) is 6.51. The van der Waals surface area contributed by atoms with Crippen LogP contribution >= 0.6 is 34.5 Å². The van der Waals surface area contributed by atoms with E-state index in [9.17, 15) is 14.4 Å². The van der Waals surface area contributed by atoms with Crippen LogP contribution in [0.5, 0.6) is 0 Å². The van der Waals surface area contributed by atoms with Gasteiger partial charge < -0.3 is 10.1 Å². The summed E-state index contributed by atoms with van der Waals surface area (Å²) >= 11 is 13.2. The van der Waals surface area contributed by atoms with Crippen molar-refractivity contribution in [3.63, 3.8) is 0 Å². The maximum atomic E-state index is 13.4. The lowest BCUT2D eigenvalue weighted by molar-refractivity contribution is 0.0520. The molecule has 0 spiro atoms. The van der Waals surface area contributed by atoms with Gasteiger partial charge in [0.05, 0.1) is 28.3 Å². The molecule has 0 aliphatic carbocycles. The summed E-state index contributed by atoms with van der Waals surface area (Å²) in [4.78, 5) is 38.9. The van der Waals surface area contributed by atoms with Gasteiger partial charge in [-0.2, -0.15) is 9.78 Å². The van der Waals surface area contributed by atoms with Crippen molar-refractivity contribution >= 4 is 62.2 Å². The van der Waals surface area contributed by atoms with Crippen LogP contribution in [-0.4, -0.2) is 28.3 Å². The summed E-state index contributed by atoms with van der Waals surface area (Å²) < 4.78 is 6.27. The number of anilines is 1. The maximum Gasteiger partial charge on any atom is 0.359 e. The van der Waals surface area contributed by atoms with Gasteiger partial charge in [0.2, 0.25) is 0 Å². The van der Waals surface area contributed by atoms with E-state index in [1.54, 1.807) is 30.5 Å². The summed E-state index contributed by atoms with van der Waals surface area (Å²) in [7, 11) is 0. The van der Waals surface area contributed by atoms with Crippen molar-refractivity contribution in [1.82, 2.24) is 9.78 Å². The van der Waals surface area contributed by atoms with Gasteiger partial charge in [-0.15, -0.1) is 11.3 Å². The molecular weight excluding hydrogens is 485 g/mol. The fourth-order valence-electron chi connectivity index (χ4n) is 3.19. The van der Waals surface area contributed by atoms with Gasteiger partial charge in [-0.3, -0.25) is 9.59 Å². The fourth-order valence-corrected chi connectivity index (χ4v) is 4.50. The van der Waals surface area contributed by atoms with Crippen LogP contribution in [0.1, 0.15) is 33.3 Å². The zero-order valence-electron chi connectivity index (χ0n) is 17.5. The monoisotopic (exact) mass is 501 g/mol. The third-order valence-electron chi connectivity index (χ3n) is 4.80. The van der Waals surface area contributed by atoms with E-state index in [1.165, 1.54) is 12.1 Å². The molecule has 1 amide bonds. The molecule has 0 saturated carbocycles. The van der Waals surface area contributed by atoms with E-state index in [0.717, 1.165) is 21.6 Å². The first-order valence-corrected chi connectivity index (χ1v) is 11.5. The molecule has 0 aliphatic heterocycles. The van der Waals surface area contributed by atoms with Crippen LogP contribution in [0.4, 0.5) is 5.00 Å². The first-order valence-electron chi connectivity index (χ1n) is 9.85. The molecule has 4 rings (SSSR count). The number of halogens is 2. The molecule has 4 aromatic rings. The predicted molar refractivity (Wildman–Crippen MR) is 130 cm³/mol. The summed E-state index contributed by atoms with van der Waals surface area (Å²) in [5.41, 5.74) is 1.12. The number of esters is 1. The minimum Gasteiger partial charge on any atom is -0.461 e. The van der Waals surface area contributed by atoms with Crippen LogP contribution in [0.15, 0.2) is 52.6 Å². The van der Waals surface area contributed by atoms with Crippen molar-refractivity contribution < 1.29 is 14.3 Å². The highest BCUT2D eigenvalue weighted by Gasteiger charge is 2.24. The molecule has 2 aromatic carbocycles. The standard InChI is InChI=1S/C23H17Cl2N3O4S/c1-3-32-23(31)19-16-11-33-21(26-20(29)15-10-13(24)6-9-17(15)25)18(16)22(30)28(27-19)14-7-4-12(2)5-8-14/h4-11H,3H2,1-2H3,(H,26,29).